The summed E-state index contributed by atoms with van der Waals surface area (Å²) in [5.74, 6) is 1.94. The molecule has 3 nitrogen and oxygen atoms in total. The quantitative estimate of drug-likeness (QED) is 0.488. The fourth-order valence-electron chi connectivity index (χ4n) is 6.91. The molecule has 3 saturated carbocycles. The molecule has 3 heteroatoms. The van der Waals surface area contributed by atoms with Gasteiger partial charge in [0.25, 0.3) is 0 Å². The SMILES string of the molecule is C=C1/C(=C/C=C2\CCC[C@]3(C)[C@@H]([C@H](C)CCCC(C)(C)O)CC[C@@H]23)C[C@@H](O)[C@@H](C)[C@@H]1O. The molecule has 0 radical (unpaired) electrons. The lowest BCUT2D eigenvalue weighted by Crippen LogP contribution is -2.36. The molecule has 0 bridgehead atoms. The van der Waals surface area contributed by atoms with Gasteiger partial charge in [-0.1, -0.05) is 57.9 Å². The fourth-order valence-corrected chi connectivity index (χ4v) is 6.91. The number of hydrogen-bond acceptors (Lipinski definition) is 3. The van der Waals surface area contributed by atoms with Crippen LogP contribution < -0.4 is 0 Å². The van der Waals surface area contributed by atoms with Gasteiger partial charge < -0.3 is 15.3 Å². The molecule has 0 heterocycles. The maximum absolute atomic E-state index is 10.4. The van der Waals surface area contributed by atoms with Gasteiger partial charge in [0.2, 0.25) is 0 Å². The van der Waals surface area contributed by atoms with Gasteiger partial charge in [-0.15, -0.1) is 0 Å². The van der Waals surface area contributed by atoms with E-state index in [1.165, 1.54) is 32.1 Å². The summed E-state index contributed by atoms with van der Waals surface area (Å²) in [6.45, 7) is 14.8. The molecule has 3 aliphatic rings. The van der Waals surface area contributed by atoms with Crippen molar-refractivity contribution in [3.05, 3.63) is 35.5 Å². The summed E-state index contributed by atoms with van der Waals surface area (Å²) in [5.41, 5.74) is 3.15. The summed E-state index contributed by atoms with van der Waals surface area (Å²) in [5, 5.41) is 30.7. The van der Waals surface area contributed by atoms with Crippen molar-refractivity contribution in [3.8, 4) is 0 Å². The lowest BCUT2D eigenvalue weighted by molar-refractivity contribution is 0.0283. The van der Waals surface area contributed by atoms with E-state index in [1.807, 2.05) is 20.8 Å². The molecule has 3 N–H and O–H groups in total. The summed E-state index contributed by atoms with van der Waals surface area (Å²) in [4.78, 5) is 0. The molecule has 176 valence electrons. The predicted octanol–water partition coefficient (Wildman–Crippen LogP) is 5.95. The van der Waals surface area contributed by atoms with E-state index in [4.69, 9.17) is 0 Å². The molecule has 3 aliphatic carbocycles. The third kappa shape index (κ3) is 5.37. The van der Waals surface area contributed by atoms with Crippen molar-refractivity contribution in [1.29, 1.82) is 0 Å². The number of hydrogen-bond donors (Lipinski definition) is 3. The van der Waals surface area contributed by atoms with Crippen LogP contribution >= 0.6 is 0 Å². The van der Waals surface area contributed by atoms with Crippen molar-refractivity contribution in [2.75, 3.05) is 0 Å². The van der Waals surface area contributed by atoms with Gasteiger partial charge in [0.05, 0.1) is 17.8 Å². The predicted molar refractivity (Wildman–Crippen MR) is 129 cm³/mol. The smallest absolute Gasteiger partial charge is 0.0837 e. The Kier molecular flexibility index (Phi) is 7.61. The Morgan fingerprint density at radius 3 is 2.61 bits per heavy atom. The van der Waals surface area contributed by atoms with E-state index in [0.717, 1.165) is 36.3 Å². The zero-order chi connectivity index (χ0) is 23.0. The number of fused-ring (bicyclic) bond motifs is 1. The second kappa shape index (κ2) is 9.53. The normalized spacial score (nSPS) is 40.4. The van der Waals surface area contributed by atoms with Gasteiger partial charge in [0, 0.05) is 5.92 Å². The van der Waals surface area contributed by atoms with Gasteiger partial charge in [0.15, 0.2) is 0 Å². The average Bonchev–Trinajstić information content (AvgIpc) is 3.04. The second-order valence-corrected chi connectivity index (χ2v) is 11.8. The highest BCUT2D eigenvalue weighted by molar-refractivity contribution is 5.39. The summed E-state index contributed by atoms with van der Waals surface area (Å²) >= 11 is 0. The fraction of sp³-hybridized carbons (Fsp3) is 0.786. The Morgan fingerprint density at radius 2 is 1.94 bits per heavy atom. The molecule has 3 rings (SSSR count). The van der Waals surface area contributed by atoms with Crippen LogP contribution in [0, 0.1) is 29.1 Å². The minimum absolute atomic E-state index is 0.149. The van der Waals surface area contributed by atoms with Gasteiger partial charge in [-0.25, -0.2) is 0 Å². The molecule has 7 atom stereocenters. The highest BCUT2D eigenvalue weighted by Gasteiger charge is 2.50. The van der Waals surface area contributed by atoms with Gasteiger partial charge in [-0.05, 0) is 93.1 Å². The van der Waals surface area contributed by atoms with Crippen LogP contribution in [0.3, 0.4) is 0 Å². The Balaban J connectivity index is 1.71. The zero-order valence-corrected chi connectivity index (χ0v) is 20.5. The number of allylic oxidation sites excluding steroid dienone is 3. The summed E-state index contributed by atoms with van der Waals surface area (Å²) < 4.78 is 0. The van der Waals surface area contributed by atoms with Gasteiger partial charge in [0.1, 0.15) is 0 Å². The minimum atomic E-state index is -0.648. The molecular weight excluding hydrogens is 384 g/mol. The maximum Gasteiger partial charge on any atom is 0.0837 e. The third-order valence-corrected chi connectivity index (χ3v) is 8.97. The van der Waals surface area contributed by atoms with Crippen LogP contribution in [0.15, 0.2) is 35.5 Å². The number of rotatable bonds is 6. The summed E-state index contributed by atoms with van der Waals surface area (Å²) in [6.07, 6.45) is 13.4. The average molecular weight is 431 g/mol. The Morgan fingerprint density at radius 1 is 1.23 bits per heavy atom. The standard InChI is InChI=1S/C28H46O3/c1-18(9-7-15-27(4,5)31)23-13-14-24-21(10-8-16-28(23,24)6)11-12-22-17-25(29)20(3)26(30)19(22)2/h11-12,18,20,23-26,29-31H,2,7-10,13-17H2,1,3-6H3/b21-11+,22-12+/t18-,20-,23-,24+,25-,26-,28-/m1/s1. The largest absolute Gasteiger partial charge is 0.392 e. The van der Waals surface area contributed by atoms with E-state index < -0.39 is 17.8 Å². The van der Waals surface area contributed by atoms with E-state index in [2.05, 4.69) is 32.6 Å². The molecule has 0 aromatic rings. The lowest BCUT2D eigenvalue weighted by Gasteiger charge is -2.44. The molecule has 0 aliphatic heterocycles. The van der Waals surface area contributed by atoms with Crippen LogP contribution in [0.1, 0.15) is 92.4 Å². The molecule has 31 heavy (non-hydrogen) atoms. The van der Waals surface area contributed by atoms with Crippen molar-refractivity contribution in [2.24, 2.45) is 29.1 Å². The Labute approximate surface area is 190 Å². The Hall–Kier alpha value is -0.900. The lowest BCUT2D eigenvalue weighted by atomic mass is 9.60. The van der Waals surface area contributed by atoms with Crippen LogP contribution in [0.4, 0.5) is 0 Å². The molecule has 0 amide bonds. The topological polar surface area (TPSA) is 60.7 Å². The van der Waals surface area contributed by atoms with Crippen molar-refractivity contribution < 1.29 is 15.3 Å². The number of aliphatic hydroxyl groups excluding tert-OH is 2. The second-order valence-electron chi connectivity index (χ2n) is 11.8. The highest BCUT2D eigenvalue weighted by atomic mass is 16.3. The first-order valence-electron chi connectivity index (χ1n) is 12.6. The van der Waals surface area contributed by atoms with E-state index in [1.54, 1.807) is 5.57 Å². The van der Waals surface area contributed by atoms with Gasteiger partial charge in [-0.2, -0.15) is 0 Å². The van der Waals surface area contributed by atoms with Crippen molar-refractivity contribution in [1.82, 2.24) is 0 Å². The third-order valence-electron chi connectivity index (χ3n) is 8.97. The van der Waals surface area contributed by atoms with E-state index in [9.17, 15) is 15.3 Å². The molecule has 0 saturated heterocycles. The first kappa shape index (κ1) is 24.7. The first-order chi connectivity index (χ1) is 14.4. The monoisotopic (exact) mass is 430 g/mol. The van der Waals surface area contributed by atoms with E-state index >= 15 is 0 Å². The van der Waals surface area contributed by atoms with Crippen LogP contribution in [0.25, 0.3) is 0 Å². The molecular formula is C28H46O3. The highest BCUT2D eigenvalue weighted by Crippen LogP contribution is 2.60. The first-order valence-corrected chi connectivity index (χ1v) is 12.6. The van der Waals surface area contributed by atoms with Crippen LogP contribution in [-0.4, -0.2) is 33.1 Å². The van der Waals surface area contributed by atoms with Gasteiger partial charge in [-0.3, -0.25) is 0 Å². The van der Waals surface area contributed by atoms with Gasteiger partial charge >= 0.3 is 0 Å². The molecule has 0 unspecified atom stereocenters. The van der Waals surface area contributed by atoms with Crippen molar-refractivity contribution >= 4 is 0 Å². The molecule has 0 aromatic carbocycles. The van der Waals surface area contributed by atoms with Crippen LogP contribution in [-0.2, 0) is 0 Å². The van der Waals surface area contributed by atoms with Crippen molar-refractivity contribution in [2.45, 2.75) is 110 Å². The number of aliphatic hydroxyl groups is 3. The summed E-state index contributed by atoms with van der Waals surface area (Å²) in [7, 11) is 0. The minimum Gasteiger partial charge on any atom is -0.392 e. The molecule has 0 aromatic heterocycles. The van der Waals surface area contributed by atoms with Crippen LogP contribution in [0.2, 0.25) is 0 Å². The van der Waals surface area contributed by atoms with Crippen LogP contribution in [0.5, 0.6) is 0 Å². The van der Waals surface area contributed by atoms with E-state index in [0.29, 0.717) is 23.7 Å². The Bertz CT molecular complexity index is 712. The summed E-state index contributed by atoms with van der Waals surface area (Å²) in [6, 6.07) is 0. The van der Waals surface area contributed by atoms with E-state index in [-0.39, 0.29) is 5.92 Å². The van der Waals surface area contributed by atoms with Crippen molar-refractivity contribution in [3.63, 3.8) is 0 Å². The zero-order valence-electron chi connectivity index (χ0n) is 20.5. The maximum atomic E-state index is 10.4. The molecule has 3 fully saturated rings. The molecule has 0 spiro atoms.